The van der Waals surface area contributed by atoms with Crippen molar-refractivity contribution in [3.63, 3.8) is 0 Å². The zero-order chi connectivity index (χ0) is 37.5. The Kier molecular flexibility index (Phi) is 7.37. The highest BCUT2D eigenvalue weighted by molar-refractivity contribution is 7.26. The first-order chi connectivity index (χ1) is 28.2. The molecule has 0 spiro atoms. The van der Waals surface area contributed by atoms with Crippen LogP contribution in [0.2, 0.25) is 0 Å². The van der Waals surface area contributed by atoms with E-state index in [2.05, 4.69) is 114 Å². The van der Waals surface area contributed by atoms with E-state index in [1.54, 1.807) is 0 Å². The summed E-state index contributed by atoms with van der Waals surface area (Å²) < 4.78 is 7.62. The van der Waals surface area contributed by atoms with Gasteiger partial charge in [0.15, 0.2) is 17.5 Å². The van der Waals surface area contributed by atoms with Gasteiger partial charge in [0.25, 0.3) is 0 Å². The fourth-order valence-electron chi connectivity index (χ4n) is 8.62. The lowest BCUT2D eigenvalue weighted by atomic mass is 10.00. The molecule has 0 bridgehead atoms. The maximum absolute atomic E-state index is 5.02. The molecule has 57 heavy (non-hydrogen) atoms. The average molecular weight is 765 g/mol. The van der Waals surface area contributed by atoms with Crippen LogP contribution in [0.4, 0.5) is 0 Å². The van der Waals surface area contributed by atoms with Gasteiger partial charge in [-0.2, -0.15) is 0 Å². The number of nitrogens with zero attached hydrogens (tertiary/aromatic N) is 4. The Morgan fingerprint density at radius 3 is 1.67 bits per heavy atom. The largest absolute Gasteiger partial charge is 0.308 e. The first kappa shape index (κ1) is 32.5. The van der Waals surface area contributed by atoms with Gasteiger partial charge in [0.05, 0.1) is 15.9 Å². The predicted octanol–water partition coefficient (Wildman–Crippen LogP) is 14.2. The first-order valence-corrected chi connectivity index (χ1v) is 21.0. The molecule has 6 heteroatoms. The third-order valence-corrected chi connectivity index (χ3v) is 13.7. The summed E-state index contributed by atoms with van der Waals surface area (Å²) in [6.07, 6.45) is 6.82. The van der Waals surface area contributed by atoms with Crippen LogP contribution < -0.4 is 0 Å². The molecule has 4 heterocycles. The van der Waals surface area contributed by atoms with Gasteiger partial charge in [0.1, 0.15) is 0 Å². The Balaban J connectivity index is 0.975. The minimum atomic E-state index is 0.665. The van der Waals surface area contributed by atoms with Gasteiger partial charge in [-0.1, -0.05) is 109 Å². The van der Waals surface area contributed by atoms with Gasteiger partial charge < -0.3 is 4.57 Å². The van der Waals surface area contributed by atoms with Gasteiger partial charge >= 0.3 is 0 Å². The summed E-state index contributed by atoms with van der Waals surface area (Å²) in [5, 5.41) is 6.41. The van der Waals surface area contributed by atoms with Crippen LogP contribution >= 0.6 is 22.7 Å². The Labute approximate surface area is 336 Å². The Morgan fingerprint density at radius 2 is 0.982 bits per heavy atom. The monoisotopic (exact) mass is 764 g/mol. The molecular formula is C51H32N4S2. The molecular weight excluding hydrogens is 733 g/mol. The second-order valence-electron chi connectivity index (χ2n) is 14.7. The number of benzene rings is 7. The van der Waals surface area contributed by atoms with Crippen molar-refractivity contribution in [2.45, 2.75) is 12.8 Å². The second kappa shape index (κ2) is 12.9. The van der Waals surface area contributed by atoms with E-state index in [0.29, 0.717) is 17.5 Å². The molecule has 1 aliphatic rings. The van der Waals surface area contributed by atoms with Gasteiger partial charge in [0.2, 0.25) is 0 Å². The molecule has 11 aromatic rings. The van der Waals surface area contributed by atoms with Crippen molar-refractivity contribution in [1.82, 2.24) is 19.5 Å². The molecule has 1 aliphatic carbocycles. The first-order valence-electron chi connectivity index (χ1n) is 19.3. The predicted molar refractivity (Wildman–Crippen MR) is 242 cm³/mol. The van der Waals surface area contributed by atoms with Crippen LogP contribution in [-0.4, -0.2) is 19.5 Å². The molecule has 0 radical (unpaired) electrons. The molecule has 12 rings (SSSR count). The Hall–Kier alpha value is -6.73. The Bertz CT molecular complexity index is 3350. The van der Waals surface area contributed by atoms with Crippen LogP contribution in [-0.2, 0) is 6.42 Å². The number of para-hydroxylation sites is 1. The number of hydrogen-bond acceptors (Lipinski definition) is 5. The van der Waals surface area contributed by atoms with Crippen LogP contribution in [0.3, 0.4) is 0 Å². The van der Waals surface area contributed by atoms with Gasteiger partial charge in [-0.05, 0) is 90.2 Å². The van der Waals surface area contributed by atoms with E-state index in [-0.39, 0.29) is 0 Å². The maximum atomic E-state index is 5.02. The van der Waals surface area contributed by atoms with Crippen molar-refractivity contribution in [1.29, 1.82) is 0 Å². The van der Waals surface area contributed by atoms with Crippen molar-refractivity contribution in [2.24, 2.45) is 0 Å². The molecule has 7 aromatic carbocycles. The number of thiophene rings is 2. The van der Waals surface area contributed by atoms with Crippen LogP contribution in [0.1, 0.15) is 17.7 Å². The summed E-state index contributed by atoms with van der Waals surface area (Å²) >= 11 is 3.72. The third-order valence-electron chi connectivity index (χ3n) is 11.3. The highest BCUT2D eigenvalue weighted by Gasteiger charge is 2.21. The fraction of sp³-hybridized carbons (Fsp3) is 0.0392. The quantitative estimate of drug-likeness (QED) is 0.175. The van der Waals surface area contributed by atoms with Gasteiger partial charge in [-0.3, -0.25) is 0 Å². The summed E-state index contributed by atoms with van der Waals surface area (Å²) in [7, 11) is 0. The Morgan fingerprint density at radius 1 is 0.439 bits per heavy atom. The highest BCUT2D eigenvalue weighted by Crippen LogP contribution is 2.44. The molecule has 0 saturated carbocycles. The van der Waals surface area contributed by atoms with E-state index < -0.39 is 0 Å². The lowest BCUT2D eigenvalue weighted by Crippen LogP contribution is -2.00. The van der Waals surface area contributed by atoms with E-state index in [9.17, 15) is 0 Å². The average Bonchev–Trinajstić information content (AvgIpc) is 3.96. The van der Waals surface area contributed by atoms with Crippen molar-refractivity contribution in [3.05, 3.63) is 175 Å². The zero-order valence-corrected chi connectivity index (χ0v) is 32.3. The van der Waals surface area contributed by atoms with Gasteiger partial charge in [-0.25, -0.2) is 15.0 Å². The highest BCUT2D eigenvalue weighted by atomic mass is 32.1. The van der Waals surface area contributed by atoms with Crippen LogP contribution in [0, 0.1) is 0 Å². The molecule has 0 amide bonds. The SMILES string of the molecule is C1=Cc2c(c3ccccc3n2-c2cccc3c2sc2ccc(-c4ccc5sc6ccc(-c7nc(-c8ccccc8)nc(-c8ccccc8)n7)cc6c5c4)cc23)CC1. The summed E-state index contributed by atoms with van der Waals surface area (Å²) in [6, 6.07) is 56.5. The molecule has 0 aliphatic heterocycles. The summed E-state index contributed by atoms with van der Waals surface area (Å²) in [5.41, 5.74) is 10.6. The number of fused-ring (bicyclic) bond motifs is 9. The number of rotatable bonds is 5. The van der Waals surface area contributed by atoms with Crippen molar-refractivity contribution in [3.8, 4) is 51.0 Å². The van der Waals surface area contributed by atoms with Crippen molar-refractivity contribution in [2.75, 3.05) is 0 Å². The zero-order valence-electron chi connectivity index (χ0n) is 30.7. The molecule has 0 fully saturated rings. The van der Waals surface area contributed by atoms with E-state index in [1.165, 1.54) is 79.3 Å². The van der Waals surface area contributed by atoms with Crippen molar-refractivity contribution >= 4 is 80.0 Å². The van der Waals surface area contributed by atoms with E-state index >= 15 is 0 Å². The molecule has 268 valence electrons. The molecule has 0 unspecified atom stereocenters. The third kappa shape index (κ3) is 5.29. The van der Waals surface area contributed by atoms with Crippen LogP contribution in [0.15, 0.2) is 164 Å². The van der Waals surface area contributed by atoms with Crippen LogP contribution in [0.25, 0.3) is 108 Å². The number of hydrogen-bond donors (Lipinski definition) is 0. The van der Waals surface area contributed by atoms with E-state index in [0.717, 1.165) is 29.5 Å². The lowest BCUT2D eigenvalue weighted by molar-refractivity contribution is 0.970. The number of allylic oxidation sites excluding steroid dienone is 1. The van der Waals surface area contributed by atoms with Crippen LogP contribution in [0.5, 0.6) is 0 Å². The summed E-state index contributed by atoms with van der Waals surface area (Å²) in [5.74, 6) is 2.00. The molecule has 0 N–H and O–H groups in total. The number of aryl methyl sites for hydroxylation is 1. The van der Waals surface area contributed by atoms with Gasteiger partial charge in [0, 0.05) is 63.4 Å². The minimum Gasteiger partial charge on any atom is -0.308 e. The molecule has 4 nitrogen and oxygen atoms in total. The maximum Gasteiger partial charge on any atom is 0.164 e. The van der Waals surface area contributed by atoms with Gasteiger partial charge in [-0.15, -0.1) is 22.7 Å². The van der Waals surface area contributed by atoms with E-state index in [1.807, 2.05) is 83.3 Å². The number of aromatic nitrogens is 4. The molecule has 0 atom stereocenters. The smallest absolute Gasteiger partial charge is 0.164 e. The normalized spacial score (nSPS) is 12.7. The second-order valence-corrected chi connectivity index (χ2v) is 16.8. The summed E-state index contributed by atoms with van der Waals surface area (Å²) in [6.45, 7) is 0. The minimum absolute atomic E-state index is 0.665. The molecule has 0 saturated heterocycles. The topological polar surface area (TPSA) is 43.6 Å². The molecule has 4 aromatic heterocycles. The fourth-order valence-corrected chi connectivity index (χ4v) is 10.9. The summed E-state index contributed by atoms with van der Waals surface area (Å²) in [4.78, 5) is 14.9. The van der Waals surface area contributed by atoms with Crippen molar-refractivity contribution < 1.29 is 0 Å². The standard InChI is InChI=1S/C51H32N4S2/c1-3-12-31(13-4-1)49-52-50(32-14-5-2-6-15-32)54-51(53-49)35-24-27-46-41(30-35)40-29-34(22-25-45(40)56-46)33-23-26-47-39(28-33)38-18-11-21-44(48(38)57-47)55-42-19-9-7-16-36(42)37-17-8-10-20-43(37)55/h1-7,9-16,18-30H,8,17H2. The lowest BCUT2D eigenvalue weighted by Gasteiger charge is -2.13. The van der Waals surface area contributed by atoms with E-state index in [4.69, 9.17) is 15.0 Å².